The van der Waals surface area contributed by atoms with Gasteiger partial charge in [-0.25, -0.2) is 0 Å². The Bertz CT molecular complexity index is 474. The predicted molar refractivity (Wildman–Crippen MR) is 66.7 cm³/mol. The standard InChI is InChI=1S/C12H15N3O3/c1-3-18-10-6-4-9(5-7-10)14-15-11(8(2)16)12(13)17/h4-7,16H,3H2,1-2H3,(H2,13,17). The third-order valence-electron chi connectivity index (χ3n) is 1.99. The second-order valence-corrected chi connectivity index (χ2v) is 3.43. The molecule has 1 aromatic carbocycles. The molecule has 0 bridgehead atoms. The summed E-state index contributed by atoms with van der Waals surface area (Å²) in [5.41, 5.74) is 5.30. The first kappa shape index (κ1) is 13.7. The number of allylic oxidation sites excluding steroid dienone is 1. The van der Waals surface area contributed by atoms with Crippen molar-refractivity contribution in [3.05, 3.63) is 35.7 Å². The van der Waals surface area contributed by atoms with Gasteiger partial charge in [-0.1, -0.05) is 0 Å². The van der Waals surface area contributed by atoms with E-state index < -0.39 is 5.91 Å². The number of ether oxygens (including phenoxy) is 1. The van der Waals surface area contributed by atoms with E-state index in [9.17, 15) is 9.90 Å². The molecule has 0 heterocycles. The second-order valence-electron chi connectivity index (χ2n) is 3.43. The van der Waals surface area contributed by atoms with Gasteiger partial charge in [0.05, 0.1) is 12.3 Å². The molecule has 0 aliphatic heterocycles. The van der Waals surface area contributed by atoms with Crippen LogP contribution in [0, 0.1) is 0 Å². The Morgan fingerprint density at radius 1 is 1.39 bits per heavy atom. The summed E-state index contributed by atoms with van der Waals surface area (Å²) in [5.74, 6) is -0.373. The van der Waals surface area contributed by atoms with Crippen molar-refractivity contribution in [2.24, 2.45) is 16.0 Å². The van der Waals surface area contributed by atoms with Gasteiger partial charge in [-0.15, -0.1) is 5.11 Å². The SMILES string of the molecule is CCOc1ccc(N=NC(C(N)=O)=C(C)O)cc1. The first-order valence-corrected chi connectivity index (χ1v) is 5.38. The lowest BCUT2D eigenvalue weighted by Crippen LogP contribution is -2.13. The molecule has 18 heavy (non-hydrogen) atoms. The van der Waals surface area contributed by atoms with Gasteiger partial charge in [-0.3, -0.25) is 4.79 Å². The number of rotatable bonds is 5. The third kappa shape index (κ3) is 3.89. The highest BCUT2D eigenvalue weighted by Gasteiger charge is 2.07. The lowest BCUT2D eigenvalue weighted by Gasteiger charge is -2.01. The first-order valence-electron chi connectivity index (χ1n) is 5.38. The van der Waals surface area contributed by atoms with Crippen LogP contribution in [0.15, 0.2) is 46.0 Å². The maximum absolute atomic E-state index is 10.9. The van der Waals surface area contributed by atoms with Crippen molar-refractivity contribution in [2.45, 2.75) is 13.8 Å². The molecule has 1 rings (SSSR count). The average molecular weight is 249 g/mol. The molecule has 0 radical (unpaired) electrons. The average Bonchev–Trinajstić information content (AvgIpc) is 2.31. The minimum atomic E-state index is -0.829. The number of primary amides is 1. The highest BCUT2D eigenvalue weighted by atomic mass is 16.5. The zero-order valence-corrected chi connectivity index (χ0v) is 10.3. The van der Waals surface area contributed by atoms with Gasteiger partial charge in [0.1, 0.15) is 11.5 Å². The van der Waals surface area contributed by atoms with Crippen molar-refractivity contribution in [2.75, 3.05) is 6.61 Å². The van der Waals surface area contributed by atoms with Crippen molar-refractivity contribution >= 4 is 11.6 Å². The maximum atomic E-state index is 10.9. The molecule has 96 valence electrons. The summed E-state index contributed by atoms with van der Waals surface area (Å²) in [6.45, 7) is 3.79. The van der Waals surface area contributed by atoms with Crippen LogP contribution in [0.1, 0.15) is 13.8 Å². The van der Waals surface area contributed by atoms with Gasteiger partial charge in [0.2, 0.25) is 0 Å². The van der Waals surface area contributed by atoms with Crippen molar-refractivity contribution in [1.29, 1.82) is 0 Å². The Kier molecular flexibility index (Phi) is 4.86. The molecular weight excluding hydrogens is 234 g/mol. The lowest BCUT2D eigenvalue weighted by atomic mass is 10.3. The largest absolute Gasteiger partial charge is 0.510 e. The first-order chi connectivity index (χ1) is 8.54. The summed E-state index contributed by atoms with van der Waals surface area (Å²) in [4.78, 5) is 10.9. The molecule has 0 saturated heterocycles. The topological polar surface area (TPSA) is 97.3 Å². The highest BCUT2D eigenvalue weighted by Crippen LogP contribution is 2.19. The minimum Gasteiger partial charge on any atom is -0.510 e. The fourth-order valence-electron chi connectivity index (χ4n) is 1.18. The van der Waals surface area contributed by atoms with Gasteiger partial charge < -0.3 is 15.6 Å². The molecule has 0 spiro atoms. The number of carbonyl (C=O) groups excluding carboxylic acids is 1. The maximum Gasteiger partial charge on any atom is 0.272 e. The molecule has 0 unspecified atom stereocenters. The van der Waals surface area contributed by atoms with E-state index in [2.05, 4.69) is 10.2 Å². The Hall–Kier alpha value is -2.37. The highest BCUT2D eigenvalue weighted by molar-refractivity contribution is 5.91. The smallest absolute Gasteiger partial charge is 0.272 e. The predicted octanol–water partition coefficient (Wildman–Crippen LogP) is 2.44. The van der Waals surface area contributed by atoms with Gasteiger partial charge in [-0.2, -0.15) is 5.11 Å². The van der Waals surface area contributed by atoms with Gasteiger partial charge in [-0.05, 0) is 38.1 Å². The fourth-order valence-corrected chi connectivity index (χ4v) is 1.18. The molecule has 0 aliphatic carbocycles. The van der Waals surface area contributed by atoms with Crippen LogP contribution in [0.4, 0.5) is 5.69 Å². The molecule has 0 aromatic heterocycles. The van der Waals surface area contributed by atoms with Crippen LogP contribution in [0.25, 0.3) is 0 Å². The van der Waals surface area contributed by atoms with Gasteiger partial charge in [0, 0.05) is 0 Å². The van der Waals surface area contributed by atoms with Gasteiger partial charge in [0.25, 0.3) is 5.91 Å². The fraction of sp³-hybridized carbons (Fsp3) is 0.250. The van der Waals surface area contributed by atoms with Crippen LogP contribution >= 0.6 is 0 Å². The number of hydrogen-bond acceptors (Lipinski definition) is 5. The molecular formula is C12H15N3O3. The van der Waals surface area contributed by atoms with Crippen LogP contribution in [0.2, 0.25) is 0 Å². The van der Waals surface area contributed by atoms with E-state index in [0.29, 0.717) is 12.3 Å². The van der Waals surface area contributed by atoms with E-state index in [1.54, 1.807) is 24.3 Å². The summed E-state index contributed by atoms with van der Waals surface area (Å²) in [7, 11) is 0. The van der Waals surface area contributed by atoms with Crippen molar-refractivity contribution in [3.8, 4) is 5.75 Å². The number of amides is 1. The second kappa shape index (κ2) is 6.39. The number of nitrogens with zero attached hydrogens (tertiary/aromatic N) is 2. The minimum absolute atomic E-state index is 0.260. The zero-order chi connectivity index (χ0) is 13.5. The quantitative estimate of drug-likeness (QED) is 0.476. The number of nitrogens with two attached hydrogens (primary N) is 1. The van der Waals surface area contributed by atoms with Crippen LogP contribution < -0.4 is 10.5 Å². The summed E-state index contributed by atoms with van der Waals surface area (Å²) in [6.07, 6.45) is 0. The summed E-state index contributed by atoms with van der Waals surface area (Å²) in [6, 6.07) is 6.83. The number of benzene rings is 1. The normalized spacial score (nSPS) is 12.3. The van der Waals surface area contributed by atoms with Crippen LogP contribution in [-0.4, -0.2) is 17.6 Å². The van der Waals surface area contributed by atoms with Crippen LogP contribution in [-0.2, 0) is 4.79 Å². The lowest BCUT2D eigenvalue weighted by molar-refractivity contribution is -0.114. The van der Waals surface area contributed by atoms with Crippen molar-refractivity contribution in [3.63, 3.8) is 0 Å². The van der Waals surface area contributed by atoms with E-state index in [4.69, 9.17) is 10.5 Å². The van der Waals surface area contributed by atoms with Crippen molar-refractivity contribution in [1.82, 2.24) is 0 Å². The van der Waals surface area contributed by atoms with E-state index in [0.717, 1.165) is 5.75 Å². The summed E-state index contributed by atoms with van der Waals surface area (Å²) in [5, 5.41) is 16.6. The molecule has 0 atom stereocenters. The Labute approximate surface area is 105 Å². The van der Waals surface area contributed by atoms with Gasteiger partial charge in [0.15, 0.2) is 5.70 Å². The number of azo groups is 1. The summed E-state index contributed by atoms with van der Waals surface area (Å²) < 4.78 is 5.27. The molecule has 0 fully saturated rings. The Balaban J connectivity index is 2.84. The number of aliphatic hydroxyl groups is 1. The Morgan fingerprint density at radius 3 is 2.44 bits per heavy atom. The number of carbonyl (C=O) groups is 1. The Morgan fingerprint density at radius 2 is 2.00 bits per heavy atom. The molecule has 0 aliphatic rings. The molecule has 3 N–H and O–H groups in total. The van der Waals surface area contributed by atoms with E-state index in [1.165, 1.54) is 6.92 Å². The van der Waals surface area contributed by atoms with Crippen LogP contribution in [0.5, 0.6) is 5.75 Å². The van der Waals surface area contributed by atoms with Crippen molar-refractivity contribution < 1.29 is 14.6 Å². The number of hydrogen-bond donors (Lipinski definition) is 2. The third-order valence-corrected chi connectivity index (χ3v) is 1.99. The van der Waals surface area contributed by atoms with E-state index in [1.807, 2.05) is 6.92 Å². The zero-order valence-electron chi connectivity index (χ0n) is 10.3. The molecule has 0 saturated carbocycles. The van der Waals surface area contributed by atoms with E-state index >= 15 is 0 Å². The molecule has 1 aromatic rings. The summed E-state index contributed by atoms with van der Waals surface area (Å²) >= 11 is 0. The van der Waals surface area contributed by atoms with E-state index in [-0.39, 0.29) is 11.5 Å². The molecule has 6 nitrogen and oxygen atoms in total. The molecule has 1 amide bonds. The number of aliphatic hydroxyl groups excluding tert-OH is 1. The molecule has 6 heteroatoms. The van der Waals surface area contributed by atoms with Crippen LogP contribution in [0.3, 0.4) is 0 Å². The monoisotopic (exact) mass is 249 g/mol. The van der Waals surface area contributed by atoms with Gasteiger partial charge >= 0.3 is 0 Å².